The van der Waals surface area contributed by atoms with Crippen LogP contribution in [0.15, 0.2) is 48.5 Å². The van der Waals surface area contributed by atoms with E-state index in [1.165, 1.54) is 12.1 Å². The van der Waals surface area contributed by atoms with Gasteiger partial charge in [-0.05, 0) is 107 Å². The summed E-state index contributed by atoms with van der Waals surface area (Å²) in [7, 11) is 0. The summed E-state index contributed by atoms with van der Waals surface area (Å²) in [5, 5.41) is 26.9. The maximum Gasteiger partial charge on any atom is 0.265 e. The summed E-state index contributed by atoms with van der Waals surface area (Å²) in [5.74, 6) is 0.199. The van der Waals surface area contributed by atoms with Crippen LogP contribution in [0, 0.1) is 34.6 Å². The van der Waals surface area contributed by atoms with Crippen LogP contribution in [0.5, 0.6) is 23.0 Å². The van der Waals surface area contributed by atoms with Gasteiger partial charge >= 0.3 is 0 Å². The van der Waals surface area contributed by atoms with Crippen LogP contribution in [0.2, 0.25) is 20.1 Å². The molecule has 4 N–H and O–H groups in total. The first kappa shape index (κ1) is 43.6. The van der Waals surface area contributed by atoms with Gasteiger partial charge in [0.1, 0.15) is 11.5 Å². The molecule has 4 rings (SSSR count). The first-order chi connectivity index (χ1) is 25.0. The second-order valence-electron chi connectivity index (χ2n) is 12.9. The SMILES string of the molecule is CCC(Oc1ccc(C)cc1C)C(=O)Nc1cc(Cl)c(C)c(Cl)c1O.CCCCC(Oc1ccc(C)cc1C)C(=O)Nc1cc(Cl)c(CC)c(Cl)c1O. The second-order valence-corrected chi connectivity index (χ2v) is 14.4. The molecule has 0 spiro atoms. The van der Waals surface area contributed by atoms with Gasteiger partial charge in [0, 0.05) is 10.0 Å². The number of unbranched alkanes of at least 4 members (excludes halogenated alkanes) is 1. The number of carbonyl (C=O) groups excluding carboxylic acids is 2. The van der Waals surface area contributed by atoms with Gasteiger partial charge in [0.15, 0.2) is 23.7 Å². The molecule has 286 valence electrons. The number of carbonyl (C=O) groups is 2. The van der Waals surface area contributed by atoms with E-state index in [1.54, 1.807) is 6.92 Å². The van der Waals surface area contributed by atoms with Gasteiger partial charge < -0.3 is 30.3 Å². The fraction of sp³-hybridized carbons (Fsp3) is 0.366. The second kappa shape index (κ2) is 20.0. The molecule has 4 aromatic rings. The number of anilines is 2. The van der Waals surface area contributed by atoms with Gasteiger partial charge in [-0.3, -0.25) is 9.59 Å². The molecule has 0 radical (unpaired) electrons. The normalized spacial score (nSPS) is 11.9. The molecular weight excluding hydrogens is 758 g/mol. The molecule has 0 bridgehead atoms. The van der Waals surface area contributed by atoms with Crippen LogP contribution in [0.25, 0.3) is 0 Å². The number of phenols is 2. The van der Waals surface area contributed by atoms with Gasteiger partial charge in [-0.15, -0.1) is 0 Å². The van der Waals surface area contributed by atoms with E-state index in [9.17, 15) is 19.8 Å². The summed E-state index contributed by atoms with van der Waals surface area (Å²) in [5.41, 5.74) is 5.72. The van der Waals surface area contributed by atoms with Crippen molar-refractivity contribution in [1.29, 1.82) is 0 Å². The largest absolute Gasteiger partial charge is 0.504 e. The summed E-state index contributed by atoms with van der Waals surface area (Å²) in [4.78, 5) is 25.4. The van der Waals surface area contributed by atoms with Crippen LogP contribution in [0.4, 0.5) is 11.4 Å². The molecule has 8 nitrogen and oxygen atoms in total. The Morgan fingerprint density at radius 3 is 1.62 bits per heavy atom. The number of amides is 2. The number of rotatable bonds is 13. The number of benzene rings is 4. The van der Waals surface area contributed by atoms with Crippen molar-refractivity contribution in [3.8, 4) is 23.0 Å². The molecule has 0 heterocycles. The summed E-state index contributed by atoms with van der Waals surface area (Å²) < 4.78 is 11.9. The van der Waals surface area contributed by atoms with E-state index in [0.29, 0.717) is 51.9 Å². The number of aromatic hydroxyl groups is 2. The van der Waals surface area contributed by atoms with Crippen LogP contribution in [-0.4, -0.2) is 34.2 Å². The predicted octanol–water partition coefficient (Wildman–Crippen LogP) is 11.9. The first-order valence-corrected chi connectivity index (χ1v) is 19.0. The zero-order valence-corrected chi connectivity index (χ0v) is 34.4. The molecular formula is C41H48Cl4N2O6. The minimum Gasteiger partial charge on any atom is -0.504 e. The Morgan fingerprint density at radius 1 is 0.679 bits per heavy atom. The third-order valence-electron chi connectivity index (χ3n) is 8.55. The summed E-state index contributed by atoms with van der Waals surface area (Å²) in [6, 6.07) is 14.6. The number of nitrogens with one attached hydrogen (secondary N) is 2. The van der Waals surface area contributed by atoms with Crippen LogP contribution in [0.3, 0.4) is 0 Å². The molecule has 0 saturated heterocycles. The smallest absolute Gasteiger partial charge is 0.265 e. The maximum atomic E-state index is 12.9. The maximum absolute atomic E-state index is 12.9. The number of phenolic OH excluding ortho intramolecular Hbond substituents is 2. The number of ether oxygens (including phenoxy) is 2. The minimum absolute atomic E-state index is 0.117. The molecule has 0 fully saturated rings. The van der Waals surface area contributed by atoms with Crippen molar-refractivity contribution in [3.05, 3.63) is 102 Å². The highest BCUT2D eigenvalue weighted by Crippen LogP contribution is 2.40. The Balaban J connectivity index is 0.000000287. The van der Waals surface area contributed by atoms with E-state index in [-0.39, 0.29) is 44.7 Å². The van der Waals surface area contributed by atoms with Gasteiger partial charge in [-0.2, -0.15) is 0 Å². The zero-order valence-electron chi connectivity index (χ0n) is 31.3. The van der Waals surface area contributed by atoms with Crippen LogP contribution >= 0.6 is 46.4 Å². The van der Waals surface area contributed by atoms with Crippen LogP contribution in [0.1, 0.15) is 79.8 Å². The summed E-state index contributed by atoms with van der Waals surface area (Å²) in [6.07, 6.45) is 1.98. The van der Waals surface area contributed by atoms with E-state index in [0.717, 1.165) is 35.1 Å². The van der Waals surface area contributed by atoms with Crippen molar-refractivity contribution in [3.63, 3.8) is 0 Å². The van der Waals surface area contributed by atoms with E-state index >= 15 is 0 Å². The van der Waals surface area contributed by atoms with Crippen molar-refractivity contribution >= 4 is 69.6 Å². The van der Waals surface area contributed by atoms with Crippen LogP contribution < -0.4 is 20.1 Å². The lowest BCUT2D eigenvalue weighted by molar-refractivity contribution is -0.123. The van der Waals surface area contributed by atoms with E-state index in [4.69, 9.17) is 55.9 Å². The van der Waals surface area contributed by atoms with E-state index in [2.05, 4.69) is 17.6 Å². The minimum atomic E-state index is -0.709. The number of halogens is 4. The molecule has 53 heavy (non-hydrogen) atoms. The Hall–Kier alpha value is -3.82. The molecule has 0 aromatic heterocycles. The topological polar surface area (TPSA) is 117 Å². The van der Waals surface area contributed by atoms with Gasteiger partial charge in [0.05, 0.1) is 21.4 Å². The monoisotopic (exact) mass is 804 g/mol. The lowest BCUT2D eigenvalue weighted by Gasteiger charge is -2.21. The fourth-order valence-corrected chi connectivity index (χ4v) is 6.60. The average Bonchev–Trinajstić information content (AvgIpc) is 3.11. The Kier molecular flexibility index (Phi) is 16.5. The Morgan fingerprint density at radius 2 is 1.15 bits per heavy atom. The van der Waals surface area contributed by atoms with Crippen molar-refractivity contribution < 1.29 is 29.3 Å². The van der Waals surface area contributed by atoms with E-state index in [1.807, 2.05) is 77.9 Å². The summed E-state index contributed by atoms with van der Waals surface area (Å²) in [6.45, 7) is 15.4. The van der Waals surface area contributed by atoms with E-state index < -0.39 is 12.2 Å². The average molecular weight is 807 g/mol. The highest BCUT2D eigenvalue weighted by molar-refractivity contribution is 6.38. The molecule has 12 heteroatoms. The molecule has 2 amide bonds. The zero-order chi connectivity index (χ0) is 39.6. The highest BCUT2D eigenvalue weighted by Gasteiger charge is 2.25. The number of hydrogen-bond donors (Lipinski definition) is 4. The van der Waals surface area contributed by atoms with Crippen molar-refractivity contribution in [1.82, 2.24) is 0 Å². The fourth-order valence-electron chi connectivity index (χ4n) is 5.42. The van der Waals surface area contributed by atoms with Gasteiger partial charge in [0.2, 0.25) is 0 Å². The first-order valence-electron chi connectivity index (χ1n) is 17.5. The highest BCUT2D eigenvalue weighted by atomic mass is 35.5. The molecule has 2 unspecified atom stereocenters. The van der Waals surface area contributed by atoms with Crippen LogP contribution in [-0.2, 0) is 16.0 Å². The lowest BCUT2D eigenvalue weighted by Crippen LogP contribution is -2.33. The summed E-state index contributed by atoms with van der Waals surface area (Å²) >= 11 is 24.5. The molecule has 0 aliphatic rings. The van der Waals surface area contributed by atoms with Gasteiger partial charge in [0.25, 0.3) is 11.8 Å². The van der Waals surface area contributed by atoms with Crippen molar-refractivity contribution in [2.75, 3.05) is 10.6 Å². The molecule has 0 aliphatic heterocycles. The lowest BCUT2D eigenvalue weighted by atomic mass is 10.1. The Labute approximate surface area is 332 Å². The van der Waals surface area contributed by atoms with Crippen molar-refractivity contribution in [2.24, 2.45) is 0 Å². The predicted molar refractivity (Wildman–Crippen MR) is 218 cm³/mol. The third kappa shape index (κ3) is 11.6. The number of aryl methyl sites for hydroxylation is 4. The molecule has 0 aliphatic carbocycles. The van der Waals surface area contributed by atoms with Gasteiger partial charge in [-0.25, -0.2) is 0 Å². The molecule has 4 aromatic carbocycles. The quantitative estimate of drug-likeness (QED) is 0.1000. The van der Waals surface area contributed by atoms with Crippen molar-refractivity contribution in [2.45, 2.75) is 99.7 Å². The number of hydrogen-bond acceptors (Lipinski definition) is 6. The standard InChI is InChI=1S/C22H27Cl2NO3.C19H21Cl2NO3/c1-5-7-8-19(28-18-10-9-13(3)11-14(18)4)22(27)25-17-12-16(23)15(6-2)20(24)21(17)26;1-5-15(25-16-7-6-10(2)8-11(16)3)19(24)22-14-9-13(20)12(4)17(21)18(14)23/h9-12,19,26H,5-8H2,1-4H3,(H,25,27);6-9,15,23H,5H2,1-4H3,(H,22,24). The molecule has 2 atom stereocenters. The molecule has 0 saturated carbocycles. The Bertz CT molecular complexity index is 1930. The third-order valence-corrected chi connectivity index (χ3v) is 10.2. The van der Waals surface area contributed by atoms with Gasteiger partial charge in [-0.1, -0.05) is 109 Å².